The van der Waals surface area contributed by atoms with Gasteiger partial charge in [0.1, 0.15) is 35.2 Å². The first-order valence-corrected chi connectivity index (χ1v) is 18.7. The first-order chi connectivity index (χ1) is 23.4. The van der Waals surface area contributed by atoms with Crippen LogP contribution in [0.2, 0.25) is 0 Å². The fourth-order valence-corrected chi connectivity index (χ4v) is 7.94. The van der Waals surface area contributed by atoms with Crippen LogP contribution in [0.25, 0.3) is 11.2 Å². The van der Waals surface area contributed by atoms with E-state index in [0.717, 1.165) is 16.8 Å². The lowest BCUT2D eigenvalue weighted by molar-refractivity contribution is -0.151. The molecule has 0 bridgehead atoms. The van der Waals surface area contributed by atoms with Crippen molar-refractivity contribution in [3.63, 3.8) is 0 Å². The number of carbonyl (C=O) groups excluding carboxylic acids is 1. The van der Waals surface area contributed by atoms with Crippen LogP contribution in [0.15, 0.2) is 67.0 Å². The van der Waals surface area contributed by atoms with E-state index in [1.165, 1.54) is 31.8 Å². The largest absolute Gasteiger partial charge is 0.459 e. The molecule has 2 aliphatic rings. The fourth-order valence-electron chi connectivity index (χ4n) is 5.69. The predicted octanol–water partition coefficient (Wildman–Crippen LogP) is 1.39. The number of aromatic nitrogens is 4. The number of rotatable bonds is 14. The highest BCUT2D eigenvalue weighted by atomic mass is 32.2. The third kappa shape index (κ3) is 7.03. The number of nitrogen functional groups attached to an aromatic ring is 1. The SMILES string of the molecule is CN(NS(C)(=O)=O)c1nc(N)nc2c1ncn2[C@@H]1O[C@H](COP(=O)(NC(C)(C)C(=O)OCc2ccccc2)Oc2ccccc2)[C@]2(O)C[C@]12O. The van der Waals surface area contributed by atoms with Crippen LogP contribution in [0, 0.1) is 0 Å². The molecule has 1 saturated carbocycles. The van der Waals surface area contributed by atoms with Crippen molar-refractivity contribution in [2.24, 2.45) is 0 Å². The highest BCUT2D eigenvalue weighted by Gasteiger charge is 2.80. The summed E-state index contributed by atoms with van der Waals surface area (Å²) in [6, 6.07) is 17.2. The van der Waals surface area contributed by atoms with Crippen molar-refractivity contribution in [2.45, 2.75) is 55.9 Å². The van der Waals surface area contributed by atoms with Gasteiger partial charge in [-0.15, -0.1) is 4.83 Å². The molecule has 2 aromatic heterocycles. The number of para-hydroxylation sites is 1. The van der Waals surface area contributed by atoms with E-state index in [1.807, 2.05) is 6.07 Å². The van der Waals surface area contributed by atoms with Crippen LogP contribution in [-0.2, 0) is 40.0 Å². The zero-order chi connectivity index (χ0) is 36.1. The highest BCUT2D eigenvalue weighted by Crippen LogP contribution is 2.64. The maximum absolute atomic E-state index is 14.3. The maximum Gasteiger partial charge on any atom is 0.459 e. The lowest BCUT2D eigenvalue weighted by atomic mass is 10.1. The van der Waals surface area contributed by atoms with E-state index in [0.29, 0.717) is 0 Å². The van der Waals surface area contributed by atoms with Crippen LogP contribution in [0.5, 0.6) is 5.75 Å². The Balaban J connectivity index is 1.22. The average Bonchev–Trinajstić information content (AvgIpc) is 3.29. The number of esters is 1. The number of anilines is 2. The Labute approximate surface area is 287 Å². The number of nitrogens with zero attached hydrogens (tertiary/aromatic N) is 5. The predicted molar refractivity (Wildman–Crippen MR) is 179 cm³/mol. The fraction of sp³-hybridized carbons (Fsp3) is 0.400. The van der Waals surface area contributed by atoms with Gasteiger partial charge in [-0.05, 0) is 31.5 Å². The third-order valence-electron chi connectivity index (χ3n) is 8.20. The lowest BCUT2D eigenvalue weighted by Gasteiger charge is -2.30. The van der Waals surface area contributed by atoms with Crippen molar-refractivity contribution in [1.82, 2.24) is 29.4 Å². The smallest absolute Gasteiger partial charge is 0.459 e. The van der Waals surface area contributed by atoms with Gasteiger partial charge in [0.05, 0.1) is 19.2 Å². The Morgan fingerprint density at radius 3 is 2.46 bits per heavy atom. The molecule has 6 N–H and O–H groups in total. The van der Waals surface area contributed by atoms with Gasteiger partial charge in [-0.25, -0.2) is 18.0 Å². The Kier molecular flexibility index (Phi) is 9.15. The minimum atomic E-state index is -4.43. The van der Waals surface area contributed by atoms with E-state index >= 15 is 0 Å². The van der Waals surface area contributed by atoms with Gasteiger partial charge in [0.25, 0.3) is 0 Å². The normalized spacial score (nSPS) is 24.4. The minimum absolute atomic E-state index is 0.0163. The maximum atomic E-state index is 14.3. The molecule has 1 aliphatic heterocycles. The number of carbonyl (C=O) groups is 1. The molecule has 1 unspecified atom stereocenters. The quantitative estimate of drug-likeness (QED) is 0.0699. The van der Waals surface area contributed by atoms with Gasteiger partial charge < -0.3 is 29.9 Å². The van der Waals surface area contributed by atoms with Crippen LogP contribution in [0.1, 0.15) is 32.1 Å². The standard InChI is InChI=1S/C30H37N8O10PS/c1-28(2,26(39)45-15-19-11-7-5-8-12-19)35-49(42,48-20-13-9-6-10-14-20)46-16-21-29(40)17-30(29,41)25(47-21)38-18-32-22-23(33-27(31)34-24(22)38)37(3)36-50(4,43)44/h5-14,18,21,25,36,40-41H,15-17H2,1-4H3,(H,35,42)(H2,31,33,34)/t21-,25-,29-,30+,49?/m1/s1. The first kappa shape index (κ1) is 35.6. The van der Waals surface area contributed by atoms with Gasteiger partial charge in [0.2, 0.25) is 16.0 Å². The molecule has 0 amide bonds. The van der Waals surface area contributed by atoms with Gasteiger partial charge in [-0.2, -0.15) is 15.1 Å². The highest BCUT2D eigenvalue weighted by molar-refractivity contribution is 7.88. The molecule has 50 heavy (non-hydrogen) atoms. The monoisotopic (exact) mass is 732 g/mol. The topological polar surface area (TPSA) is 243 Å². The van der Waals surface area contributed by atoms with Gasteiger partial charge in [0.15, 0.2) is 23.2 Å². The summed E-state index contributed by atoms with van der Waals surface area (Å²) in [5.41, 5.74) is 1.58. The lowest BCUT2D eigenvalue weighted by Crippen LogP contribution is -2.47. The number of sulfonamides is 1. The zero-order valence-electron chi connectivity index (χ0n) is 27.5. The summed E-state index contributed by atoms with van der Waals surface area (Å²) in [6.07, 6.45) is -0.468. The van der Waals surface area contributed by atoms with Crippen LogP contribution in [-0.4, -0.2) is 86.9 Å². The number of ether oxygens (including phenoxy) is 2. The Morgan fingerprint density at radius 2 is 1.80 bits per heavy atom. The molecule has 1 saturated heterocycles. The molecule has 4 aromatic rings. The summed E-state index contributed by atoms with van der Waals surface area (Å²) in [4.78, 5) is 28.0. The average molecular weight is 733 g/mol. The van der Waals surface area contributed by atoms with E-state index < -0.39 is 59.4 Å². The van der Waals surface area contributed by atoms with Crippen LogP contribution in [0.3, 0.4) is 0 Å². The first-order valence-electron chi connectivity index (χ1n) is 15.2. The summed E-state index contributed by atoms with van der Waals surface area (Å²) in [7, 11) is -6.73. The van der Waals surface area contributed by atoms with E-state index in [4.69, 9.17) is 24.3 Å². The number of imidazole rings is 1. The minimum Gasteiger partial charge on any atom is -0.459 e. The summed E-state index contributed by atoms with van der Waals surface area (Å²) >= 11 is 0. The van der Waals surface area contributed by atoms with Crippen LogP contribution < -0.4 is 25.2 Å². The van der Waals surface area contributed by atoms with Crippen molar-refractivity contribution in [2.75, 3.05) is 30.7 Å². The number of benzene rings is 2. The number of hydrazine groups is 1. The summed E-state index contributed by atoms with van der Waals surface area (Å²) in [6.45, 7) is 2.32. The molecule has 6 rings (SSSR count). The molecule has 2 aromatic carbocycles. The van der Waals surface area contributed by atoms with Crippen molar-refractivity contribution < 1.29 is 46.5 Å². The second-order valence-corrected chi connectivity index (χ2v) is 16.0. The molecule has 1 aliphatic carbocycles. The van der Waals surface area contributed by atoms with Crippen molar-refractivity contribution in [3.05, 3.63) is 72.6 Å². The van der Waals surface area contributed by atoms with E-state index in [-0.39, 0.29) is 41.7 Å². The summed E-state index contributed by atoms with van der Waals surface area (Å²) in [5.74, 6) is -0.791. The molecule has 5 atom stereocenters. The molecule has 2 fully saturated rings. The molecule has 268 valence electrons. The Bertz CT molecular complexity index is 2050. The summed E-state index contributed by atoms with van der Waals surface area (Å²) < 4.78 is 62.5. The Hall–Kier alpha value is -4.20. The molecule has 3 heterocycles. The second kappa shape index (κ2) is 12.8. The van der Waals surface area contributed by atoms with Crippen molar-refractivity contribution in [3.8, 4) is 5.75 Å². The van der Waals surface area contributed by atoms with Crippen LogP contribution in [0.4, 0.5) is 11.8 Å². The molecule has 0 radical (unpaired) electrons. The number of aliphatic hydroxyl groups is 2. The van der Waals surface area contributed by atoms with E-state index in [9.17, 15) is 28.0 Å². The number of fused-ring (bicyclic) bond motifs is 2. The zero-order valence-corrected chi connectivity index (χ0v) is 29.2. The molecular formula is C30H37N8O10PS. The third-order valence-corrected chi connectivity index (χ3v) is 10.6. The molecule has 20 heteroatoms. The molecule has 0 spiro atoms. The van der Waals surface area contributed by atoms with Crippen molar-refractivity contribution >= 4 is 46.7 Å². The number of hydrogen-bond donors (Lipinski definition) is 5. The van der Waals surface area contributed by atoms with Gasteiger partial charge in [-0.3, -0.25) is 18.9 Å². The second-order valence-electron chi connectivity index (χ2n) is 12.7. The van der Waals surface area contributed by atoms with Gasteiger partial charge in [0, 0.05) is 13.5 Å². The van der Waals surface area contributed by atoms with E-state index in [2.05, 4.69) is 24.9 Å². The number of nitrogens with one attached hydrogen (secondary N) is 2. The molecular weight excluding hydrogens is 695 g/mol. The molecule has 18 nitrogen and oxygen atoms in total. The van der Waals surface area contributed by atoms with Gasteiger partial charge in [-0.1, -0.05) is 48.5 Å². The number of nitrogens with two attached hydrogens (primary N) is 1. The van der Waals surface area contributed by atoms with Gasteiger partial charge >= 0.3 is 13.7 Å². The summed E-state index contributed by atoms with van der Waals surface area (Å²) in [5, 5.41) is 26.8. The van der Waals surface area contributed by atoms with Crippen molar-refractivity contribution in [1.29, 1.82) is 0 Å². The van der Waals surface area contributed by atoms with E-state index in [1.54, 1.807) is 54.6 Å². The van der Waals surface area contributed by atoms with Crippen LogP contribution >= 0.6 is 7.75 Å². The number of hydrogen-bond acceptors (Lipinski definition) is 15. The Morgan fingerprint density at radius 1 is 1.14 bits per heavy atom.